The van der Waals surface area contributed by atoms with Crippen LogP contribution in [0.3, 0.4) is 0 Å². The smallest absolute Gasteiger partial charge is 0.405 e. The summed E-state index contributed by atoms with van der Waals surface area (Å²) >= 11 is 0. The zero-order valence-corrected chi connectivity index (χ0v) is 30.1. The quantitative estimate of drug-likeness (QED) is 0.291. The summed E-state index contributed by atoms with van der Waals surface area (Å²) in [5, 5.41) is 24.7. The first-order chi connectivity index (χ1) is 24.2. The standard InChI is InChI=1S/C35H46N6O9S/c1-5-21-16-20(2)10-6-7-11-22-18-35(22,32(44)40-51(47,48)34(3)14-15-34)37-28(42)26-17-23(19-41(26)31(43)27(21)36-33(45)46)50-30-25-13-9-8-12-24(25)29(49-4)38-39-30/h7-9,11-13,20-23,26-27,36H,5-6,10,14-19H2,1-4H3,(H,37,42)(H,40,44)(H,45,46)/b11-7-/t20-,21-,22?,23-,26+,27+,35-/m1/s1. The van der Waals surface area contributed by atoms with Gasteiger partial charge in [-0.05, 0) is 69.4 Å². The lowest BCUT2D eigenvalue weighted by atomic mass is 9.85. The summed E-state index contributed by atoms with van der Waals surface area (Å²) in [6, 6.07) is 4.87. The van der Waals surface area contributed by atoms with E-state index in [-0.39, 0.29) is 37.1 Å². The van der Waals surface area contributed by atoms with Crippen molar-refractivity contribution in [3.63, 3.8) is 0 Å². The van der Waals surface area contributed by atoms with Crippen molar-refractivity contribution >= 4 is 44.6 Å². The summed E-state index contributed by atoms with van der Waals surface area (Å²) in [7, 11) is -2.53. The van der Waals surface area contributed by atoms with E-state index < -0.39 is 68.2 Å². The molecule has 2 aliphatic carbocycles. The SMILES string of the molecule is CC[C@@H]1C[C@H](C)CC/C=C\C2C[C@@]2(C(=O)NS(=O)(=O)C2(C)CC2)NC(=O)[C@@H]2C[C@@H](Oc3nnc(OC)c4ccccc34)CN2C(=O)[C@H]1NC(=O)O. The number of benzene rings is 1. The molecule has 51 heavy (non-hydrogen) atoms. The molecular weight excluding hydrogens is 680 g/mol. The first-order valence-corrected chi connectivity index (χ1v) is 19.0. The molecule has 2 saturated carbocycles. The van der Waals surface area contributed by atoms with Gasteiger partial charge in [0.1, 0.15) is 23.7 Å². The van der Waals surface area contributed by atoms with Crippen molar-refractivity contribution in [2.24, 2.45) is 17.8 Å². The molecule has 2 aromatic rings. The Kier molecular flexibility index (Phi) is 9.92. The third-order valence-electron chi connectivity index (χ3n) is 11.0. The molecule has 1 aromatic heterocycles. The van der Waals surface area contributed by atoms with Gasteiger partial charge in [0.25, 0.3) is 5.91 Å². The summed E-state index contributed by atoms with van der Waals surface area (Å²) in [5.74, 6) is -2.33. The Morgan fingerprint density at radius 3 is 2.45 bits per heavy atom. The van der Waals surface area contributed by atoms with E-state index in [0.29, 0.717) is 48.8 Å². The lowest BCUT2D eigenvalue weighted by Crippen LogP contribution is -2.59. The predicted octanol–water partition coefficient (Wildman–Crippen LogP) is 2.90. The second kappa shape index (κ2) is 13.9. The molecule has 7 atom stereocenters. The summed E-state index contributed by atoms with van der Waals surface area (Å²) < 4.78 is 39.1. The number of methoxy groups -OCH3 is 1. The van der Waals surface area contributed by atoms with Gasteiger partial charge >= 0.3 is 6.09 Å². The predicted molar refractivity (Wildman–Crippen MR) is 185 cm³/mol. The first-order valence-electron chi connectivity index (χ1n) is 17.5. The number of aromatic nitrogens is 2. The normalized spacial score (nSPS) is 31.2. The third kappa shape index (κ3) is 7.19. The molecule has 276 valence electrons. The lowest BCUT2D eigenvalue weighted by Gasteiger charge is -2.33. The van der Waals surface area contributed by atoms with Gasteiger partial charge in [0.05, 0.1) is 29.2 Å². The van der Waals surface area contributed by atoms with Crippen LogP contribution in [-0.2, 0) is 24.4 Å². The highest BCUT2D eigenvalue weighted by molar-refractivity contribution is 7.91. The van der Waals surface area contributed by atoms with Crippen molar-refractivity contribution in [3.8, 4) is 11.8 Å². The Hall–Kier alpha value is -4.47. The van der Waals surface area contributed by atoms with E-state index >= 15 is 0 Å². The molecule has 15 nitrogen and oxygen atoms in total. The molecule has 3 fully saturated rings. The number of rotatable bonds is 8. The Morgan fingerprint density at radius 2 is 1.80 bits per heavy atom. The number of hydrogen-bond donors (Lipinski definition) is 4. The lowest BCUT2D eigenvalue weighted by molar-refractivity contribution is -0.142. The van der Waals surface area contributed by atoms with Crippen LogP contribution >= 0.6 is 0 Å². The molecule has 1 saturated heterocycles. The fraction of sp³-hybridized carbons (Fsp3) is 0.600. The topological polar surface area (TPSA) is 206 Å². The van der Waals surface area contributed by atoms with Crippen LogP contribution in [0.1, 0.15) is 72.1 Å². The monoisotopic (exact) mass is 726 g/mol. The summed E-state index contributed by atoms with van der Waals surface area (Å²) in [5.41, 5.74) is -1.55. The van der Waals surface area contributed by atoms with Crippen molar-refractivity contribution < 1.29 is 42.2 Å². The van der Waals surface area contributed by atoms with Gasteiger partial charge in [-0.2, -0.15) is 0 Å². The van der Waals surface area contributed by atoms with Crippen LogP contribution in [0.4, 0.5) is 4.79 Å². The second-order valence-electron chi connectivity index (χ2n) is 14.6. The van der Waals surface area contributed by atoms with E-state index in [1.54, 1.807) is 25.1 Å². The largest absolute Gasteiger partial charge is 0.479 e. The van der Waals surface area contributed by atoms with Crippen LogP contribution < -0.4 is 24.8 Å². The zero-order chi connectivity index (χ0) is 36.7. The van der Waals surface area contributed by atoms with Gasteiger partial charge in [-0.1, -0.05) is 44.6 Å². The average molecular weight is 727 g/mol. The molecule has 1 unspecified atom stereocenters. The van der Waals surface area contributed by atoms with E-state index in [9.17, 15) is 32.7 Å². The molecule has 1 aromatic carbocycles. The van der Waals surface area contributed by atoms with E-state index in [4.69, 9.17) is 9.47 Å². The molecule has 4 N–H and O–H groups in total. The number of allylic oxidation sites excluding steroid dienone is 1. The van der Waals surface area contributed by atoms with Crippen molar-refractivity contribution in [2.45, 2.75) is 101 Å². The molecule has 16 heteroatoms. The number of hydrogen-bond acceptors (Lipinski definition) is 10. The highest BCUT2D eigenvalue weighted by Crippen LogP contribution is 2.47. The van der Waals surface area contributed by atoms with Crippen LogP contribution in [0.2, 0.25) is 0 Å². The minimum atomic E-state index is -4.00. The summed E-state index contributed by atoms with van der Waals surface area (Å²) in [4.78, 5) is 56.0. The number of nitrogens with one attached hydrogen (secondary N) is 3. The molecule has 0 bridgehead atoms. The zero-order valence-electron chi connectivity index (χ0n) is 29.3. The molecule has 3 heterocycles. The van der Waals surface area contributed by atoms with E-state index in [1.165, 1.54) is 12.0 Å². The van der Waals surface area contributed by atoms with Gasteiger partial charge < -0.3 is 30.1 Å². The molecular formula is C35H46N6O9S. The Balaban J connectivity index is 1.35. The molecule has 4 aliphatic rings. The first kappa shape index (κ1) is 36.3. The van der Waals surface area contributed by atoms with Gasteiger partial charge in [0, 0.05) is 12.3 Å². The number of ether oxygens (including phenoxy) is 2. The molecule has 2 aliphatic heterocycles. The van der Waals surface area contributed by atoms with Crippen molar-refractivity contribution in [3.05, 3.63) is 36.4 Å². The number of amides is 4. The Labute approximate surface area is 296 Å². The number of carbonyl (C=O) groups excluding carboxylic acids is 3. The maximum absolute atomic E-state index is 14.5. The van der Waals surface area contributed by atoms with Crippen molar-refractivity contribution in [1.82, 2.24) is 30.5 Å². The van der Waals surface area contributed by atoms with E-state index in [2.05, 4.69) is 25.6 Å². The van der Waals surface area contributed by atoms with E-state index in [1.807, 2.05) is 32.1 Å². The van der Waals surface area contributed by atoms with Crippen LogP contribution in [0.5, 0.6) is 11.8 Å². The second-order valence-corrected chi connectivity index (χ2v) is 16.8. The molecule has 0 radical (unpaired) electrons. The van der Waals surface area contributed by atoms with Gasteiger partial charge in [0.15, 0.2) is 0 Å². The average Bonchev–Trinajstić information content (AvgIpc) is 3.97. The van der Waals surface area contributed by atoms with Gasteiger partial charge in [-0.3, -0.25) is 19.1 Å². The fourth-order valence-electron chi connectivity index (χ4n) is 7.40. The van der Waals surface area contributed by atoms with Crippen LogP contribution in [0.15, 0.2) is 36.4 Å². The van der Waals surface area contributed by atoms with Crippen LogP contribution in [0.25, 0.3) is 10.8 Å². The molecule has 4 amide bonds. The van der Waals surface area contributed by atoms with Crippen LogP contribution in [-0.4, -0.2) is 94.6 Å². The number of nitrogens with zero attached hydrogens (tertiary/aromatic N) is 3. The third-order valence-corrected chi connectivity index (χ3v) is 13.1. The molecule has 6 rings (SSSR count). The minimum Gasteiger partial charge on any atom is -0.479 e. The number of carboxylic acid groups (broad SMARTS) is 1. The van der Waals surface area contributed by atoms with Crippen molar-refractivity contribution in [1.29, 1.82) is 0 Å². The number of carbonyl (C=O) groups is 4. The fourth-order valence-corrected chi connectivity index (χ4v) is 8.71. The minimum absolute atomic E-state index is 0.0127. The molecule has 0 spiro atoms. The Bertz CT molecular complexity index is 1850. The highest BCUT2D eigenvalue weighted by atomic mass is 32.2. The van der Waals surface area contributed by atoms with Gasteiger partial charge in [0.2, 0.25) is 33.6 Å². The number of sulfonamides is 1. The van der Waals surface area contributed by atoms with E-state index in [0.717, 1.165) is 6.42 Å². The highest BCUT2D eigenvalue weighted by Gasteiger charge is 2.63. The summed E-state index contributed by atoms with van der Waals surface area (Å²) in [6.07, 6.45) is 5.13. The van der Waals surface area contributed by atoms with Crippen molar-refractivity contribution in [2.75, 3.05) is 13.7 Å². The summed E-state index contributed by atoms with van der Waals surface area (Å²) in [6.45, 7) is 5.43. The van der Waals surface area contributed by atoms with Gasteiger partial charge in [-0.25, -0.2) is 13.2 Å². The van der Waals surface area contributed by atoms with Gasteiger partial charge in [-0.15, -0.1) is 10.2 Å². The Morgan fingerprint density at radius 1 is 1.12 bits per heavy atom. The maximum Gasteiger partial charge on any atom is 0.405 e. The van der Waals surface area contributed by atoms with Crippen LogP contribution in [0, 0.1) is 17.8 Å². The number of fused-ring (bicyclic) bond motifs is 3. The maximum atomic E-state index is 14.5.